The van der Waals surface area contributed by atoms with Crippen molar-refractivity contribution in [3.8, 4) is 5.75 Å². The number of nitrogens with one attached hydrogen (secondary N) is 1. The maximum absolute atomic E-state index is 12.4. The van der Waals surface area contributed by atoms with Crippen LogP contribution in [0.15, 0.2) is 46.8 Å². The van der Waals surface area contributed by atoms with E-state index in [1.807, 2.05) is 44.2 Å². The number of benzene rings is 2. The van der Waals surface area contributed by atoms with Crippen LogP contribution in [-0.4, -0.2) is 22.2 Å². The van der Waals surface area contributed by atoms with Crippen LogP contribution in [0.5, 0.6) is 5.75 Å². The van der Waals surface area contributed by atoms with Crippen LogP contribution in [0.25, 0.3) is 0 Å². The molecule has 0 aliphatic rings. The van der Waals surface area contributed by atoms with E-state index < -0.39 is 6.10 Å². The van der Waals surface area contributed by atoms with E-state index >= 15 is 0 Å². The Morgan fingerprint density at radius 1 is 1.21 bits per heavy atom. The van der Waals surface area contributed by atoms with Gasteiger partial charge in [0.05, 0.1) is 0 Å². The number of rotatable bonds is 7. The maximum atomic E-state index is 12.4. The molecular weight excluding hydrogens is 414 g/mol. The number of anilines is 1. The third-order valence-corrected chi connectivity index (χ3v) is 6.57. The van der Waals surface area contributed by atoms with E-state index in [9.17, 15) is 4.79 Å². The van der Waals surface area contributed by atoms with Gasteiger partial charge in [-0.2, -0.15) is 0 Å². The van der Waals surface area contributed by atoms with Crippen LogP contribution >= 0.6 is 34.7 Å². The summed E-state index contributed by atoms with van der Waals surface area (Å²) in [5, 5.41) is 12.1. The number of thioether (sulfide) groups is 1. The second kappa shape index (κ2) is 9.41. The van der Waals surface area contributed by atoms with Gasteiger partial charge in [0.25, 0.3) is 5.91 Å². The molecule has 0 saturated heterocycles. The minimum atomic E-state index is -0.677. The normalized spacial score (nSPS) is 11.9. The lowest BCUT2D eigenvalue weighted by Gasteiger charge is -2.15. The van der Waals surface area contributed by atoms with Gasteiger partial charge in [-0.25, -0.2) is 0 Å². The molecule has 0 radical (unpaired) electrons. The average Bonchev–Trinajstić information content (AvgIpc) is 3.12. The Hall–Kier alpha value is -2.09. The summed E-state index contributed by atoms with van der Waals surface area (Å²) < 4.78 is 6.56. The van der Waals surface area contributed by atoms with Crippen LogP contribution in [0.3, 0.4) is 0 Å². The third-order valence-electron chi connectivity index (χ3n) is 3.93. The zero-order chi connectivity index (χ0) is 20.1. The van der Waals surface area contributed by atoms with E-state index in [2.05, 4.69) is 27.6 Å². The predicted octanol–water partition coefficient (Wildman–Crippen LogP) is 5.51. The van der Waals surface area contributed by atoms with E-state index in [0.29, 0.717) is 15.9 Å². The molecule has 1 aromatic heterocycles. The fraction of sp³-hybridized carbons (Fsp3) is 0.250. The zero-order valence-corrected chi connectivity index (χ0v) is 18.1. The topological polar surface area (TPSA) is 64.1 Å². The summed E-state index contributed by atoms with van der Waals surface area (Å²) in [5.74, 6) is 1.14. The molecular formula is C20H20ClN3O2S2. The van der Waals surface area contributed by atoms with E-state index in [1.54, 1.807) is 18.7 Å². The van der Waals surface area contributed by atoms with Crippen molar-refractivity contribution in [3.63, 3.8) is 0 Å². The van der Waals surface area contributed by atoms with Gasteiger partial charge < -0.3 is 4.74 Å². The molecule has 0 aliphatic heterocycles. The first-order valence-electron chi connectivity index (χ1n) is 8.67. The molecule has 3 rings (SSSR count). The molecule has 5 nitrogen and oxygen atoms in total. The molecule has 1 amide bonds. The Labute approximate surface area is 177 Å². The minimum absolute atomic E-state index is 0.277. The van der Waals surface area contributed by atoms with Gasteiger partial charge in [0, 0.05) is 10.8 Å². The largest absolute Gasteiger partial charge is 0.481 e. The molecule has 0 spiro atoms. The minimum Gasteiger partial charge on any atom is -0.481 e. The van der Waals surface area contributed by atoms with Crippen molar-refractivity contribution in [1.82, 2.24) is 10.2 Å². The molecule has 1 atom stereocenters. The molecule has 2 aromatic carbocycles. The summed E-state index contributed by atoms with van der Waals surface area (Å²) in [6, 6.07) is 13.8. The Morgan fingerprint density at radius 3 is 2.57 bits per heavy atom. The lowest BCUT2D eigenvalue weighted by atomic mass is 10.1. The van der Waals surface area contributed by atoms with Crippen molar-refractivity contribution < 1.29 is 9.53 Å². The van der Waals surface area contributed by atoms with Crippen molar-refractivity contribution in [3.05, 3.63) is 64.2 Å². The van der Waals surface area contributed by atoms with Crippen molar-refractivity contribution in [1.29, 1.82) is 0 Å². The van der Waals surface area contributed by atoms with E-state index in [1.165, 1.54) is 16.9 Å². The Balaban J connectivity index is 1.55. The summed E-state index contributed by atoms with van der Waals surface area (Å²) in [4.78, 5) is 12.4. The van der Waals surface area contributed by atoms with Crippen molar-refractivity contribution >= 4 is 45.7 Å². The van der Waals surface area contributed by atoms with Gasteiger partial charge >= 0.3 is 0 Å². The molecule has 146 valence electrons. The molecule has 0 aliphatic carbocycles. The Bertz CT molecular complexity index is 940. The number of aromatic nitrogens is 2. The van der Waals surface area contributed by atoms with Gasteiger partial charge in [-0.15, -0.1) is 10.2 Å². The average molecular weight is 434 g/mol. The highest BCUT2D eigenvalue weighted by Crippen LogP contribution is 2.29. The number of carbonyl (C=O) groups is 1. The highest BCUT2D eigenvalue weighted by atomic mass is 35.5. The Kier molecular flexibility index (Phi) is 6.93. The molecule has 0 saturated carbocycles. The maximum Gasteiger partial charge on any atom is 0.266 e. The lowest BCUT2D eigenvalue weighted by Crippen LogP contribution is -2.30. The van der Waals surface area contributed by atoms with Crippen LogP contribution in [0.2, 0.25) is 5.02 Å². The highest BCUT2D eigenvalue weighted by molar-refractivity contribution is 8.00. The molecule has 0 unspecified atom stereocenters. The van der Waals surface area contributed by atoms with Gasteiger partial charge in [-0.05, 0) is 49.6 Å². The first-order valence-corrected chi connectivity index (χ1v) is 10.8. The SMILES string of the molecule is Cc1cc(O[C@H](C)C(=O)Nc2nnc(SCc3ccccc3)s2)cc(C)c1Cl. The number of hydrogen-bond acceptors (Lipinski definition) is 6. The fourth-order valence-electron chi connectivity index (χ4n) is 2.48. The number of hydrogen-bond donors (Lipinski definition) is 1. The van der Waals surface area contributed by atoms with Crippen molar-refractivity contribution in [2.75, 3.05) is 5.32 Å². The summed E-state index contributed by atoms with van der Waals surface area (Å²) in [5.41, 5.74) is 3.03. The van der Waals surface area contributed by atoms with Crippen molar-refractivity contribution in [2.24, 2.45) is 0 Å². The van der Waals surface area contributed by atoms with Crippen LogP contribution < -0.4 is 10.1 Å². The molecule has 0 fully saturated rings. The summed E-state index contributed by atoms with van der Waals surface area (Å²) in [6.45, 7) is 5.51. The number of aryl methyl sites for hydroxylation is 2. The number of nitrogens with zero attached hydrogens (tertiary/aromatic N) is 2. The molecule has 1 heterocycles. The van der Waals surface area contributed by atoms with Gasteiger partial charge in [0.1, 0.15) is 5.75 Å². The van der Waals surface area contributed by atoms with E-state index in [-0.39, 0.29) is 5.91 Å². The van der Waals surface area contributed by atoms with Crippen molar-refractivity contribution in [2.45, 2.75) is 37.0 Å². The molecule has 1 N–H and O–H groups in total. The summed E-state index contributed by atoms with van der Waals surface area (Å²) in [6.07, 6.45) is -0.677. The first-order chi connectivity index (χ1) is 13.4. The number of ether oxygens (including phenoxy) is 1. The highest BCUT2D eigenvalue weighted by Gasteiger charge is 2.18. The van der Waals surface area contributed by atoms with Gasteiger partial charge in [-0.1, -0.05) is 65.0 Å². The Morgan fingerprint density at radius 2 is 1.89 bits per heavy atom. The molecule has 8 heteroatoms. The standard InChI is InChI=1S/C20H20ClN3O2S2/c1-12-9-16(10-13(2)17(12)21)26-14(3)18(25)22-19-23-24-20(28-19)27-11-15-7-5-4-6-8-15/h4-10,14H,11H2,1-3H3,(H,22,23,25)/t14-/m1/s1. The van der Waals surface area contributed by atoms with Gasteiger partial charge in [-0.3, -0.25) is 10.1 Å². The van der Waals surface area contributed by atoms with Crippen LogP contribution in [-0.2, 0) is 10.5 Å². The number of halogens is 1. The summed E-state index contributed by atoms with van der Waals surface area (Å²) in [7, 11) is 0. The van der Waals surface area contributed by atoms with Crippen LogP contribution in [0, 0.1) is 13.8 Å². The zero-order valence-electron chi connectivity index (χ0n) is 15.7. The van der Waals surface area contributed by atoms with Gasteiger partial charge in [0.2, 0.25) is 5.13 Å². The predicted molar refractivity (Wildman–Crippen MR) is 116 cm³/mol. The quantitative estimate of drug-likeness (QED) is 0.393. The summed E-state index contributed by atoms with van der Waals surface area (Å²) >= 11 is 9.11. The molecule has 28 heavy (non-hydrogen) atoms. The third kappa shape index (κ3) is 5.47. The molecule has 3 aromatic rings. The molecule has 0 bridgehead atoms. The van der Waals surface area contributed by atoms with Crippen LogP contribution in [0.4, 0.5) is 5.13 Å². The van der Waals surface area contributed by atoms with E-state index in [0.717, 1.165) is 21.2 Å². The second-order valence-corrected chi connectivity index (χ2v) is 8.85. The number of carbonyl (C=O) groups excluding carboxylic acids is 1. The van der Waals surface area contributed by atoms with Crippen LogP contribution in [0.1, 0.15) is 23.6 Å². The second-order valence-electron chi connectivity index (χ2n) is 6.27. The van der Waals surface area contributed by atoms with E-state index in [4.69, 9.17) is 16.3 Å². The first kappa shape index (κ1) is 20.6. The fourth-order valence-corrected chi connectivity index (χ4v) is 4.30. The van der Waals surface area contributed by atoms with Gasteiger partial charge in [0.15, 0.2) is 10.4 Å². The number of amides is 1. The smallest absolute Gasteiger partial charge is 0.266 e. The monoisotopic (exact) mass is 433 g/mol. The lowest BCUT2D eigenvalue weighted by molar-refractivity contribution is -0.122.